The summed E-state index contributed by atoms with van der Waals surface area (Å²) in [6, 6.07) is 16.0. The van der Waals surface area contributed by atoms with Gasteiger partial charge >= 0.3 is 0 Å². The fourth-order valence-electron chi connectivity index (χ4n) is 2.34. The van der Waals surface area contributed by atoms with Gasteiger partial charge in [0.05, 0.1) is 11.4 Å². The van der Waals surface area contributed by atoms with Crippen molar-refractivity contribution >= 4 is 41.5 Å². The summed E-state index contributed by atoms with van der Waals surface area (Å²) in [5.41, 5.74) is 7.46. The van der Waals surface area contributed by atoms with E-state index in [-0.39, 0.29) is 18.3 Å². The van der Waals surface area contributed by atoms with E-state index in [1.54, 1.807) is 11.8 Å². The third kappa shape index (κ3) is 3.07. The number of rotatable bonds is 3. The Morgan fingerprint density at radius 2 is 1.52 bits per heavy atom. The second-order valence-electron chi connectivity index (χ2n) is 4.66. The quantitative estimate of drug-likeness (QED) is 0.930. The van der Waals surface area contributed by atoms with Gasteiger partial charge in [-0.25, -0.2) is 0 Å². The number of nitrogens with two attached hydrogens (primary N) is 1. The maximum absolute atomic E-state index is 12.5. The molecule has 0 spiro atoms. The zero-order valence-corrected chi connectivity index (χ0v) is 13.1. The molecule has 1 heterocycles. The van der Waals surface area contributed by atoms with Gasteiger partial charge in [0.25, 0.3) is 0 Å². The summed E-state index contributed by atoms with van der Waals surface area (Å²) in [4.78, 5) is 16.6. The third-order valence-electron chi connectivity index (χ3n) is 3.28. The molecule has 3 rings (SSSR count). The number of amides is 1. The summed E-state index contributed by atoms with van der Waals surface area (Å²) in [6.07, 6.45) is 1.19. The van der Waals surface area contributed by atoms with Crippen LogP contribution in [-0.4, -0.2) is 12.5 Å². The van der Waals surface area contributed by atoms with Crippen LogP contribution in [-0.2, 0) is 4.79 Å². The van der Waals surface area contributed by atoms with Gasteiger partial charge in [-0.05, 0) is 37.2 Å². The third-order valence-corrected chi connectivity index (χ3v) is 4.41. The first-order valence-electron chi connectivity index (χ1n) is 6.70. The van der Waals surface area contributed by atoms with Crippen LogP contribution < -0.4 is 10.6 Å². The topological polar surface area (TPSA) is 46.3 Å². The number of fused-ring (bicyclic) bond motifs is 2. The number of benzene rings is 2. The summed E-state index contributed by atoms with van der Waals surface area (Å²) in [5.74, 6) is 0.107. The molecule has 0 aromatic heterocycles. The Bertz CT molecular complexity index is 602. The maximum Gasteiger partial charge on any atom is 0.231 e. The molecular weight excluding hydrogens is 304 g/mol. The van der Waals surface area contributed by atoms with Gasteiger partial charge in [-0.3, -0.25) is 9.69 Å². The SMILES string of the molecule is Cl.NCCCC(=O)N1c2ccccc2Sc2ccccc21. The average molecular weight is 321 g/mol. The first kappa shape index (κ1) is 15.9. The molecule has 0 saturated heterocycles. The minimum absolute atomic E-state index is 0. The van der Waals surface area contributed by atoms with E-state index >= 15 is 0 Å². The predicted octanol–water partition coefficient (Wildman–Crippen LogP) is 3.98. The molecule has 0 atom stereocenters. The Morgan fingerprint density at radius 1 is 1.00 bits per heavy atom. The zero-order valence-electron chi connectivity index (χ0n) is 11.5. The van der Waals surface area contributed by atoms with Crippen LogP contribution in [0.5, 0.6) is 0 Å². The molecule has 5 heteroatoms. The summed E-state index contributed by atoms with van der Waals surface area (Å²) >= 11 is 1.71. The molecule has 2 aromatic carbocycles. The fourth-order valence-corrected chi connectivity index (χ4v) is 3.40. The molecule has 2 aromatic rings. The van der Waals surface area contributed by atoms with Crippen LogP contribution in [0.2, 0.25) is 0 Å². The molecule has 0 aliphatic carbocycles. The van der Waals surface area contributed by atoms with Crippen LogP contribution in [0.4, 0.5) is 11.4 Å². The molecule has 0 saturated carbocycles. The van der Waals surface area contributed by atoms with Crippen LogP contribution >= 0.6 is 24.2 Å². The summed E-state index contributed by atoms with van der Waals surface area (Å²) in [5, 5.41) is 0. The number of anilines is 2. The van der Waals surface area contributed by atoms with Gasteiger partial charge in [0.1, 0.15) is 0 Å². The normalized spacial score (nSPS) is 12.1. The summed E-state index contributed by atoms with van der Waals surface area (Å²) in [7, 11) is 0. The average Bonchev–Trinajstić information content (AvgIpc) is 2.50. The van der Waals surface area contributed by atoms with Crippen molar-refractivity contribution in [3.8, 4) is 0 Å². The molecule has 21 heavy (non-hydrogen) atoms. The predicted molar refractivity (Wildman–Crippen MR) is 89.7 cm³/mol. The Morgan fingerprint density at radius 3 is 2.05 bits per heavy atom. The minimum atomic E-state index is 0. The van der Waals surface area contributed by atoms with E-state index in [0.717, 1.165) is 21.2 Å². The van der Waals surface area contributed by atoms with E-state index in [0.29, 0.717) is 19.4 Å². The van der Waals surface area contributed by atoms with Gasteiger partial charge in [0.2, 0.25) is 5.91 Å². The van der Waals surface area contributed by atoms with Gasteiger partial charge < -0.3 is 5.73 Å². The van der Waals surface area contributed by atoms with E-state index in [4.69, 9.17) is 5.73 Å². The van der Waals surface area contributed by atoms with Gasteiger partial charge in [0, 0.05) is 16.2 Å². The van der Waals surface area contributed by atoms with E-state index in [2.05, 4.69) is 12.1 Å². The molecule has 2 N–H and O–H groups in total. The van der Waals surface area contributed by atoms with Crippen molar-refractivity contribution < 1.29 is 4.79 Å². The highest BCUT2D eigenvalue weighted by Gasteiger charge is 2.27. The van der Waals surface area contributed by atoms with Gasteiger partial charge in [-0.15, -0.1) is 12.4 Å². The first-order chi connectivity index (χ1) is 9.81. The van der Waals surface area contributed by atoms with Crippen molar-refractivity contribution in [3.63, 3.8) is 0 Å². The molecule has 110 valence electrons. The number of nitrogens with zero attached hydrogens (tertiary/aromatic N) is 1. The van der Waals surface area contributed by atoms with E-state index in [1.807, 2.05) is 41.3 Å². The molecule has 0 unspecified atom stereocenters. The fraction of sp³-hybridized carbons (Fsp3) is 0.188. The smallest absolute Gasteiger partial charge is 0.231 e. The number of halogens is 1. The summed E-state index contributed by atoms with van der Waals surface area (Å²) < 4.78 is 0. The van der Waals surface area contributed by atoms with Crippen molar-refractivity contribution in [1.29, 1.82) is 0 Å². The second-order valence-corrected chi connectivity index (χ2v) is 5.74. The highest BCUT2D eigenvalue weighted by atomic mass is 35.5. The van der Waals surface area contributed by atoms with Gasteiger partial charge in [-0.1, -0.05) is 36.0 Å². The van der Waals surface area contributed by atoms with E-state index in [1.165, 1.54) is 0 Å². The Kier molecular flexibility index (Phi) is 5.28. The van der Waals surface area contributed by atoms with Crippen molar-refractivity contribution in [2.24, 2.45) is 5.73 Å². The lowest BCUT2D eigenvalue weighted by Gasteiger charge is -2.31. The van der Waals surface area contributed by atoms with Crippen molar-refractivity contribution in [1.82, 2.24) is 0 Å². The lowest BCUT2D eigenvalue weighted by Crippen LogP contribution is -2.28. The molecule has 1 aliphatic rings. The number of carbonyl (C=O) groups excluding carboxylic acids is 1. The lowest BCUT2D eigenvalue weighted by molar-refractivity contribution is -0.118. The van der Waals surface area contributed by atoms with Crippen LogP contribution in [0.15, 0.2) is 58.3 Å². The van der Waals surface area contributed by atoms with Gasteiger partial charge in [0.15, 0.2) is 0 Å². The van der Waals surface area contributed by atoms with Crippen molar-refractivity contribution in [2.75, 3.05) is 11.4 Å². The van der Waals surface area contributed by atoms with Crippen molar-refractivity contribution in [2.45, 2.75) is 22.6 Å². The van der Waals surface area contributed by atoms with E-state index in [9.17, 15) is 4.79 Å². The molecule has 0 bridgehead atoms. The first-order valence-corrected chi connectivity index (χ1v) is 7.52. The number of hydrogen-bond donors (Lipinski definition) is 1. The molecule has 1 aliphatic heterocycles. The number of carbonyl (C=O) groups is 1. The molecule has 3 nitrogen and oxygen atoms in total. The largest absolute Gasteiger partial charge is 0.330 e. The Balaban J connectivity index is 0.00000161. The number of para-hydroxylation sites is 2. The van der Waals surface area contributed by atoms with Crippen LogP contribution in [0, 0.1) is 0 Å². The molecule has 0 radical (unpaired) electrons. The monoisotopic (exact) mass is 320 g/mol. The van der Waals surface area contributed by atoms with Gasteiger partial charge in [-0.2, -0.15) is 0 Å². The zero-order chi connectivity index (χ0) is 13.9. The van der Waals surface area contributed by atoms with Crippen LogP contribution in [0.25, 0.3) is 0 Å². The second kappa shape index (κ2) is 6.98. The van der Waals surface area contributed by atoms with Crippen LogP contribution in [0.3, 0.4) is 0 Å². The summed E-state index contributed by atoms with van der Waals surface area (Å²) in [6.45, 7) is 0.539. The minimum Gasteiger partial charge on any atom is -0.330 e. The Hall–Kier alpha value is -1.49. The lowest BCUT2D eigenvalue weighted by atomic mass is 10.2. The van der Waals surface area contributed by atoms with Crippen LogP contribution in [0.1, 0.15) is 12.8 Å². The highest BCUT2D eigenvalue weighted by molar-refractivity contribution is 7.99. The van der Waals surface area contributed by atoms with Crippen molar-refractivity contribution in [3.05, 3.63) is 48.5 Å². The highest BCUT2D eigenvalue weighted by Crippen LogP contribution is 2.48. The number of hydrogen-bond acceptors (Lipinski definition) is 3. The Labute approximate surface area is 134 Å². The standard InChI is InChI=1S/C16H16N2OS.ClH/c17-11-5-10-16(19)18-12-6-1-3-8-14(12)20-15-9-4-2-7-13(15)18;/h1-4,6-9H,5,10-11,17H2;1H. The molecule has 0 fully saturated rings. The van der Waals surface area contributed by atoms with E-state index < -0.39 is 0 Å². The molecule has 1 amide bonds. The maximum atomic E-state index is 12.5. The molecular formula is C16H17ClN2OS.